The van der Waals surface area contributed by atoms with Gasteiger partial charge in [0.1, 0.15) is 23.8 Å². The fourth-order valence-electron chi connectivity index (χ4n) is 5.82. The Morgan fingerprint density at radius 2 is 1.84 bits per heavy atom. The number of alkyl carbamates (subject to hydrolysis) is 1. The number of alkyl halides is 4. The van der Waals surface area contributed by atoms with Crippen LogP contribution in [0.5, 0.6) is 0 Å². The lowest BCUT2D eigenvalue weighted by molar-refractivity contribution is -0.144. The molecule has 50 heavy (non-hydrogen) atoms. The third-order valence-electron chi connectivity index (χ3n) is 8.21. The summed E-state index contributed by atoms with van der Waals surface area (Å²) in [4.78, 5) is 33.5. The van der Waals surface area contributed by atoms with E-state index >= 15 is 8.78 Å². The molecule has 2 aliphatic rings. The van der Waals surface area contributed by atoms with Crippen LogP contribution in [0.15, 0.2) is 59.8 Å². The largest absolute Gasteiger partial charge is 0.453 e. The predicted octanol–water partition coefficient (Wildman–Crippen LogP) is 6.26. The van der Waals surface area contributed by atoms with Crippen molar-refractivity contribution in [3.63, 3.8) is 0 Å². The molecule has 1 fully saturated rings. The van der Waals surface area contributed by atoms with Gasteiger partial charge >= 0.3 is 18.3 Å². The Labute approximate surface area is 282 Å². The number of carbonyl (C=O) groups is 2. The zero-order valence-corrected chi connectivity index (χ0v) is 27.3. The van der Waals surface area contributed by atoms with E-state index in [0.29, 0.717) is 18.7 Å². The molecule has 0 aliphatic carbocycles. The van der Waals surface area contributed by atoms with Gasteiger partial charge in [0.15, 0.2) is 5.67 Å². The maximum absolute atomic E-state index is 16.9. The van der Waals surface area contributed by atoms with Crippen LogP contribution >= 0.6 is 0 Å². The normalized spacial score (nSPS) is 19.7. The number of aromatic nitrogens is 5. The Bertz CT molecular complexity index is 1910. The SMILES string of the molecule is C=CC1(F)C[C@H](NC(=O)OC(C)(C)C)C(=O)N(Cc2ccc(-n3cnc(C(F)(F)F)n3)cc2)c2cc(-c3nnc(N4CCCC4)o3)c(F)cc21. The van der Waals surface area contributed by atoms with Crippen LogP contribution in [-0.2, 0) is 27.9 Å². The van der Waals surface area contributed by atoms with Crippen LogP contribution in [0.4, 0.5) is 38.4 Å². The number of fused-ring (bicyclic) bond motifs is 1. The highest BCUT2D eigenvalue weighted by Crippen LogP contribution is 2.45. The van der Waals surface area contributed by atoms with Crippen molar-refractivity contribution in [3.05, 3.63) is 78.1 Å². The molecule has 1 unspecified atom stereocenters. The molecular formula is C33H33F5N8O4. The Kier molecular flexibility index (Phi) is 8.86. The number of halogens is 5. The van der Waals surface area contributed by atoms with E-state index in [2.05, 4.69) is 32.2 Å². The Balaban J connectivity index is 1.41. The van der Waals surface area contributed by atoms with Crippen molar-refractivity contribution in [1.82, 2.24) is 30.3 Å². The summed E-state index contributed by atoms with van der Waals surface area (Å²) in [5.41, 5.74) is -3.24. The number of carbonyl (C=O) groups excluding carboxylic acids is 2. The lowest BCUT2D eigenvalue weighted by atomic mass is 9.88. The van der Waals surface area contributed by atoms with Gasteiger partial charge in [0.2, 0.25) is 5.91 Å². The van der Waals surface area contributed by atoms with E-state index in [1.165, 1.54) is 35.2 Å². The number of amides is 2. The molecule has 17 heteroatoms. The molecule has 2 aliphatic heterocycles. The van der Waals surface area contributed by atoms with Gasteiger partial charge in [-0.15, -0.1) is 10.2 Å². The lowest BCUT2D eigenvalue weighted by Gasteiger charge is -2.27. The summed E-state index contributed by atoms with van der Waals surface area (Å²) >= 11 is 0. The summed E-state index contributed by atoms with van der Waals surface area (Å²) in [6.45, 7) is 9.62. The van der Waals surface area contributed by atoms with Crippen LogP contribution < -0.4 is 15.1 Å². The molecule has 2 aromatic carbocycles. The summed E-state index contributed by atoms with van der Waals surface area (Å²) in [5.74, 6) is -3.16. The molecule has 0 bridgehead atoms. The van der Waals surface area contributed by atoms with E-state index in [1.54, 1.807) is 20.8 Å². The zero-order valence-electron chi connectivity index (χ0n) is 27.3. The van der Waals surface area contributed by atoms with E-state index in [9.17, 15) is 22.8 Å². The first-order valence-electron chi connectivity index (χ1n) is 15.7. The minimum absolute atomic E-state index is 0.0571. The number of nitrogens with zero attached hydrogens (tertiary/aromatic N) is 7. The summed E-state index contributed by atoms with van der Waals surface area (Å²) in [7, 11) is 0. The average molecular weight is 701 g/mol. The molecule has 264 valence electrons. The van der Waals surface area contributed by atoms with E-state index in [1.807, 2.05) is 4.90 Å². The first-order valence-corrected chi connectivity index (χ1v) is 15.7. The second-order valence-corrected chi connectivity index (χ2v) is 13.0. The molecule has 2 amide bonds. The van der Waals surface area contributed by atoms with Gasteiger partial charge in [-0.05, 0) is 63.4 Å². The van der Waals surface area contributed by atoms with Crippen LogP contribution in [-0.4, -0.2) is 61.7 Å². The van der Waals surface area contributed by atoms with E-state index in [0.717, 1.165) is 36.0 Å². The van der Waals surface area contributed by atoms with Crippen LogP contribution in [0.1, 0.15) is 57.0 Å². The first-order chi connectivity index (χ1) is 23.5. The fraction of sp³-hybridized carbons (Fsp3) is 0.394. The van der Waals surface area contributed by atoms with Crippen molar-refractivity contribution >= 4 is 23.7 Å². The monoisotopic (exact) mass is 700 g/mol. The van der Waals surface area contributed by atoms with Crippen molar-refractivity contribution in [2.45, 2.75) is 70.1 Å². The molecule has 0 spiro atoms. The number of hydrogen-bond acceptors (Lipinski definition) is 9. The number of anilines is 2. The van der Waals surface area contributed by atoms with E-state index < -0.39 is 53.6 Å². The molecule has 0 saturated carbocycles. The highest BCUT2D eigenvalue weighted by Gasteiger charge is 2.45. The lowest BCUT2D eigenvalue weighted by Crippen LogP contribution is -2.50. The van der Waals surface area contributed by atoms with Crippen LogP contribution in [0.25, 0.3) is 17.1 Å². The number of rotatable bonds is 7. The minimum atomic E-state index is -4.73. The standard InChI is InChI=1S/C33H33F5N8O4/c1-5-32(35)16-24(40-30(48)50-31(2,3)4)27(47)45(17-19-8-10-20(11-9-19)46-18-39-28(43-46)33(36,37)38)25-14-21(23(34)15-22(25)32)26-41-42-29(49-26)44-12-6-7-13-44/h5,8-11,14-15,18,24H,1,6-7,12-13,16-17H2,2-4H3,(H,40,48)/t24-,32?/m0/s1. The molecule has 4 aromatic rings. The number of nitrogens with one attached hydrogen (secondary N) is 1. The van der Waals surface area contributed by atoms with Gasteiger partial charge in [-0.1, -0.05) is 29.9 Å². The van der Waals surface area contributed by atoms with Crippen molar-refractivity contribution < 1.29 is 40.7 Å². The van der Waals surface area contributed by atoms with Gasteiger partial charge in [0.25, 0.3) is 11.7 Å². The second kappa shape index (κ2) is 12.8. The summed E-state index contributed by atoms with van der Waals surface area (Å²) < 4.78 is 84.0. The fourth-order valence-corrected chi connectivity index (χ4v) is 5.82. The van der Waals surface area contributed by atoms with Crippen LogP contribution in [0.2, 0.25) is 0 Å². The Morgan fingerprint density at radius 1 is 1.14 bits per heavy atom. The predicted molar refractivity (Wildman–Crippen MR) is 169 cm³/mol. The topological polar surface area (TPSA) is 132 Å². The second-order valence-electron chi connectivity index (χ2n) is 13.0. The van der Waals surface area contributed by atoms with Gasteiger partial charge in [-0.2, -0.15) is 13.2 Å². The van der Waals surface area contributed by atoms with Gasteiger partial charge in [-0.25, -0.2) is 23.2 Å². The van der Waals surface area contributed by atoms with Crippen molar-refractivity contribution in [2.24, 2.45) is 0 Å². The van der Waals surface area contributed by atoms with Gasteiger partial charge in [0, 0.05) is 25.1 Å². The van der Waals surface area contributed by atoms with Gasteiger partial charge < -0.3 is 24.3 Å². The Morgan fingerprint density at radius 3 is 2.46 bits per heavy atom. The number of allylic oxidation sites excluding steroid dienone is 1. The molecule has 12 nitrogen and oxygen atoms in total. The third-order valence-corrected chi connectivity index (χ3v) is 8.21. The molecule has 1 N–H and O–H groups in total. The average Bonchev–Trinajstić information content (AvgIpc) is 3.84. The first kappa shape index (κ1) is 34.5. The van der Waals surface area contributed by atoms with Gasteiger partial charge in [0.05, 0.1) is 23.5 Å². The van der Waals surface area contributed by atoms with Crippen LogP contribution in [0, 0.1) is 5.82 Å². The highest BCUT2D eigenvalue weighted by atomic mass is 19.4. The Hall–Kier alpha value is -5.35. The number of hydrogen-bond donors (Lipinski definition) is 1. The molecule has 2 aromatic heterocycles. The molecule has 4 heterocycles. The van der Waals surface area contributed by atoms with Gasteiger partial charge in [-0.3, -0.25) is 4.79 Å². The molecule has 2 atom stereocenters. The highest BCUT2D eigenvalue weighted by molar-refractivity contribution is 6.01. The quantitative estimate of drug-likeness (QED) is 0.175. The maximum atomic E-state index is 16.9. The summed E-state index contributed by atoms with van der Waals surface area (Å²) in [6.07, 6.45) is -2.64. The van der Waals surface area contributed by atoms with E-state index in [4.69, 9.17) is 9.15 Å². The summed E-state index contributed by atoms with van der Waals surface area (Å²) in [6, 6.07) is 6.85. The number of ether oxygens (including phenoxy) is 1. The summed E-state index contributed by atoms with van der Waals surface area (Å²) in [5, 5.41) is 14.0. The molecule has 6 rings (SSSR count). The molecule has 1 saturated heterocycles. The van der Waals surface area contributed by atoms with Crippen molar-refractivity contribution in [3.8, 4) is 17.1 Å². The molecular weight excluding hydrogens is 667 g/mol. The molecule has 0 radical (unpaired) electrons. The maximum Gasteiger partial charge on any atom is 0.453 e. The number of benzene rings is 2. The van der Waals surface area contributed by atoms with Crippen molar-refractivity contribution in [1.29, 1.82) is 0 Å². The van der Waals surface area contributed by atoms with Crippen molar-refractivity contribution in [2.75, 3.05) is 22.9 Å². The zero-order chi connectivity index (χ0) is 36.0. The third kappa shape index (κ3) is 7.02. The smallest absolute Gasteiger partial charge is 0.444 e. The van der Waals surface area contributed by atoms with Crippen LogP contribution in [0.3, 0.4) is 0 Å². The van der Waals surface area contributed by atoms with E-state index in [-0.39, 0.29) is 41.0 Å². The minimum Gasteiger partial charge on any atom is -0.444 e.